The number of nitrogens with zero attached hydrogens (tertiary/aromatic N) is 1. The molecule has 1 N–H and O–H groups in total. The summed E-state index contributed by atoms with van der Waals surface area (Å²) in [4.78, 5) is 4.24. The Morgan fingerprint density at radius 1 is 1.23 bits per heavy atom. The van der Waals surface area contributed by atoms with E-state index in [1.807, 2.05) is 26.0 Å². The number of hydrogen-bond donors (Lipinski definition) is 1. The highest BCUT2D eigenvalue weighted by atomic mass is 16.3. The molecule has 0 bridgehead atoms. The average molecular weight is 173 g/mol. The van der Waals surface area contributed by atoms with Crippen LogP contribution in [0.1, 0.15) is 11.3 Å². The fraction of sp³-hybridized carbons (Fsp3) is 0.182. The Kier molecular flexibility index (Phi) is 1.69. The van der Waals surface area contributed by atoms with Crippen LogP contribution in [0.3, 0.4) is 0 Å². The van der Waals surface area contributed by atoms with Crippen molar-refractivity contribution in [1.82, 2.24) is 4.98 Å². The molecule has 2 rings (SSSR count). The minimum Gasteiger partial charge on any atom is -0.507 e. The third-order valence-corrected chi connectivity index (χ3v) is 2.28. The molecule has 0 atom stereocenters. The maximum absolute atomic E-state index is 9.65. The number of hydrogen-bond acceptors (Lipinski definition) is 2. The Bertz CT molecular complexity index is 455. The Morgan fingerprint density at radius 3 is 2.69 bits per heavy atom. The molecule has 1 heterocycles. The van der Waals surface area contributed by atoms with E-state index in [-0.39, 0.29) is 0 Å². The summed E-state index contributed by atoms with van der Waals surface area (Å²) in [7, 11) is 0. The van der Waals surface area contributed by atoms with Crippen LogP contribution in [-0.4, -0.2) is 10.1 Å². The maximum atomic E-state index is 9.65. The monoisotopic (exact) mass is 173 g/mol. The van der Waals surface area contributed by atoms with Gasteiger partial charge < -0.3 is 5.11 Å². The molecule has 2 nitrogen and oxygen atoms in total. The lowest BCUT2D eigenvalue weighted by atomic mass is 10.1. The Hall–Kier alpha value is -1.57. The van der Waals surface area contributed by atoms with E-state index in [0.717, 1.165) is 22.0 Å². The molecule has 1 aromatic carbocycles. The molecular formula is C11H11NO. The normalized spacial score (nSPS) is 10.6. The van der Waals surface area contributed by atoms with E-state index in [4.69, 9.17) is 0 Å². The van der Waals surface area contributed by atoms with Gasteiger partial charge in [-0.05, 0) is 25.5 Å². The first-order valence-corrected chi connectivity index (χ1v) is 4.24. The summed E-state index contributed by atoms with van der Waals surface area (Å²) < 4.78 is 0. The van der Waals surface area contributed by atoms with E-state index >= 15 is 0 Å². The molecular weight excluding hydrogens is 162 g/mol. The van der Waals surface area contributed by atoms with Gasteiger partial charge in [-0.2, -0.15) is 0 Å². The highest BCUT2D eigenvalue weighted by Gasteiger charge is 2.04. The molecule has 0 aliphatic heterocycles. The fourth-order valence-corrected chi connectivity index (χ4v) is 1.58. The van der Waals surface area contributed by atoms with Crippen molar-refractivity contribution in [1.29, 1.82) is 0 Å². The fourth-order valence-electron chi connectivity index (χ4n) is 1.58. The number of fused-ring (bicyclic) bond motifs is 1. The third-order valence-electron chi connectivity index (χ3n) is 2.28. The topological polar surface area (TPSA) is 33.1 Å². The Morgan fingerprint density at radius 2 is 2.00 bits per heavy atom. The molecule has 0 fully saturated rings. The predicted octanol–water partition coefficient (Wildman–Crippen LogP) is 2.56. The van der Waals surface area contributed by atoms with E-state index in [9.17, 15) is 5.11 Å². The summed E-state index contributed by atoms with van der Waals surface area (Å²) in [6.45, 7) is 3.90. The number of aromatic hydroxyl groups is 1. The van der Waals surface area contributed by atoms with Gasteiger partial charge in [-0.3, -0.25) is 4.98 Å². The number of rotatable bonds is 0. The highest BCUT2D eigenvalue weighted by Crippen LogP contribution is 2.28. The zero-order chi connectivity index (χ0) is 9.42. The van der Waals surface area contributed by atoms with Crippen LogP contribution in [0.15, 0.2) is 24.4 Å². The molecule has 0 unspecified atom stereocenters. The van der Waals surface area contributed by atoms with Crippen LogP contribution >= 0.6 is 0 Å². The molecule has 13 heavy (non-hydrogen) atoms. The van der Waals surface area contributed by atoms with Crippen LogP contribution in [0.2, 0.25) is 0 Å². The minimum absolute atomic E-state index is 0.334. The summed E-state index contributed by atoms with van der Waals surface area (Å²) >= 11 is 0. The van der Waals surface area contributed by atoms with Gasteiger partial charge >= 0.3 is 0 Å². The van der Waals surface area contributed by atoms with Gasteiger partial charge in [0.05, 0.1) is 0 Å². The summed E-state index contributed by atoms with van der Waals surface area (Å²) in [5.41, 5.74) is 1.97. The first-order chi connectivity index (χ1) is 6.20. The second kappa shape index (κ2) is 2.73. The number of aryl methyl sites for hydroxylation is 2. The lowest BCUT2D eigenvalue weighted by molar-refractivity contribution is 0.481. The first kappa shape index (κ1) is 8.05. The van der Waals surface area contributed by atoms with Crippen LogP contribution in [0.4, 0.5) is 0 Å². The second-order valence-electron chi connectivity index (χ2n) is 3.23. The molecule has 0 spiro atoms. The lowest BCUT2D eigenvalue weighted by Gasteiger charge is -2.05. The van der Waals surface area contributed by atoms with E-state index in [1.54, 1.807) is 12.3 Å². The molecule has 0 radical (unpaired) electrons. The average Bonchev–Trinajstić information content (AvgIpc) is 2.12. The van der Waals surface area contributed by atoms with Crippen molar-refractivity contribution in [2.24, 2.45) is 0 Å². The summed E-state index contributed by atoms with van der Waals surface area (Å²) in [6.07, 6.45) is 1.79. The third kappa shape index (κ3) is 1.15. The van der Waals surface area contributed by atoms with Gasteiger partial charge in [0, 0.05) is 22.7 Å². The number of pyridine rings is 1. The zero-order valence-corrected chi connectivity index (χ0v) is 7.70. The van der Waals surface area contributed by atoms with Gasteiger partial charge in [0.25, 0.3) is 0 Å². The predicted molar refractivity (Wildman–Crippen MR) is 52.9 cm³/mol. The van der Waals surface area contributed by atoms with Crippen molar-refractivity contribution in [3.63, 3.8) is 0 Å². The second-order valence-corrected chi connectivity index (χ2v) is 3.23. The van der Waals surface area contributed by atoms with Gasteiger partial charge in [-0.1, -0.05) is 12.1 Å². The van der Waals surface area contributed by atoms with Crippen molar-refractivity contribution in [2.75, 3.05) is 0 Å². The van der Waals surface area contributed by atoms with Crippen LogP contribution in [0.25, 0.3) is 10.8 Å². The van der Waals surface area contributed by atoms with Gasteiger partial charge in [-0.25, -0.2) is 0 Å². The summed E-state index contributed by atoms with van der Waals surface area (Å²) in [6, 6.07) is 5.52. The summed E-state index contributed by atoms with van der Waals surface area (Å²) in [5, 5.41) is 11.6. The van der Waals surface area contributed by atoms with Gasteiger partial charge in [0.1, 0.15) is 5.75 Å². The van der Waals surface area contributed by atoms with Crippen LogP contribution in [0.5, 0.6) is 5.75 Å². The Labute approximate surface area is 76.9 Å². The van der Waals surface area contributed by atoms with Crippen molar-refractivity contribution >= 4 is 10.8 Å². The largest absolute Gasteiger partial charge is 0.507 e. The van der Waals surface area contributed by atoms with Crippen molar-refractivity contribution < 1.29 is 5.11 Å². The molecule has 0 aliphatic carbocycles. The standard InChI is InChI=1S/C11H11NO/c1-7-6-12-8(2)9-4-3-5-10(13)11(7)9/h3-6,13H,1-2H3. The highest BCUT2D eigenvalue weighted by molar-refractivity contribution is 5.92. The van der Waals surface area contributed by atoms with Gasteiger partial charge in [-0.15, -0.1) is 0 Å². The SMILES string of the molecule is Cc1ncc(C)c2c(O)cccc12. The number of aromatic nitrogens is 1. The molecule has 0 amide bonds. The van der Waals surface area contributed by atoms with Crippen molar-refractivity contribution in [3.05, 3.63) is 35.7 Å². The molecule has 0 saturated heterocycles. The van der Waals surface area contributed by atoms with Gasteiger partial charge in [0.2, 0.25) is 0 Å². The number of phenols is 1. The first-order valence-electron chi connectivity index (χ1n) is 4.24. The zero-order valence-electron chi connectivity index (χ0n) is 7.70. The molecule has 1 aromatic heterocycles. The van der Waals surface area contributed by atoms with Crippen molar-refractivity contribution in [2.45, 2.75) is 13.8 Å². The number of phenolic OH excluding ortho intramolecular Hbond substituents is 1. The van der Waals surface area contributed by atoms with Crippen LogP contribution < -0.4 is 0 Å². The van der Waals surface area contributed by atoms with E-state index in [2.05, 4.69) is 4.98 Å². The molecule has 2 heteroatoms. The smallest absolute Gasteiger partial charge is 0.123 e. The summed E-state index contributed by atoms with van der Waals surface area (Å²) in [5.74, 6) is 0.334. The van der Waals surface area contributed by atoms with E-state index in [0.29, 0.717) is 5.75 Å². The molecule has 0 saturated carbocycles. The molecule has 0 aliphatic rings. The van der Waals surface area contributed by atoms with Crippen molar-refractivity contribution in [3.8, 4) is 5.75 Å². The van der Waals surface area contributed by atoms with Crippen LogP contribution in [-0.2, 0) is 0 Å². The van der Waals surface area contributed by atoms with E-state index in [1.165, 1.54) is 0 Å². The number of benzene rings is 1. The molecule has 66 valence electrons. The quantitative estimate of drug-likeness (QED) is 0.664. The minimum atomic E-state index is 0.334. The van der Waals surface area contributed by atoms with E-state index < -0.39 is 0 Å². The lowest BCUT2D eigenvalue weighted by Crippen LogP contribution is -1.87. The van der Waals surface area contributed by atoms with Crippen LogP contribution in [0, 0.1) is 13.8 Å². The Balaban J connectivity index is 3.00. The molecule has 2 aromatic rings. The maximum Gasteiger partial charge on any atom is 0.123 e. The van der Waals surface area contributed by atoms with Gasteiger partial charge in [0.15, 0.2) is 0 Å².